The van der Waals surface area contributed by atoms with Gasteiger partial charge in [-0.05, 0) is 65.9 Å². The highest BCUT2D eigenvalue weighted by atomic mass is 16.5. The maximum Gasteiger partial charge on any atom is 0.137 e. The van der Waals surface area contributed by atoms with Gasteiger partial charge >= 0.3 is 0 Å². The quantitative estimate of drug-likeness (QED) is 0.361. The first-order chi connectivity index (χ1) is 11.7. The van der Waals surface area contributed by atoms with Gasteiger partial charge in [0.2, 0.25) is 0 Å². The van der Waals surface area contributed by atoms with Crippen molar-refractivity contribution in [1.82, 2.24) is 0 Å². The van der Waals surface area contributed by atoms with Crippen molar-refractivity contribution >= 4 is 6.21 Å². The van der Waals surface area contributed by atoms with Gasteiger partial charge in [0.15, 0.2) is 0 Å². The Morgan fingerprint density at radius 3 is 2.32 bits per heavy atom. The van der Waals surface area contributed by atoms with Crippen molar-refractivity contribution in [1.29, 1.82) is 5.41 Å². The Bertz CT molecular complexity index is 478. The summed E-state index contributed by atoms with van der Waals surface area (Å²) in [6.45, 7) is 10.4. The summed E-state index contributed by atoms with van der Waals surface area (Å²) in [6.07, 6.45) is 13.8. The van der Waals surface area contributed by atoms with Crippen molar-refractivity contribution in [2.75, 3.05) is 0 Å². The van der Waals surface area contributed by atoms with E-state index in [4.69, 9.17) is 19.6 Å². The van der Waals surface area contributed by atoms with Crippen LogP contribution in [0, 0.1) is 11.3 Å². The van der Waals surface area contributed by atoms with E-state index in [-0.39, 0.29) is 17.8 Å². The fourth-order valence-corrected chi connectivity index (χ4v) is 3.32. The molecule has 0 amide bonds. The highest BCUT2D eigenvalue weighted by Crippen LogP contribution is 2.34. The minimum atomic E-state index is -0.0979. The van der Waals surface area contributed by atoms with Crippen LogP contribution in [0.4, 0.5) is 0 Å². The minimum absolute atomic E-state index is 0.0979. The van der Waals surface area contributed by atoms with Crippen LogP contribution in [0.1, 0.15) is 66.7 Å². The van der Waals surface area contributed by atoms with Crippen molar-refractivity contribution in [2.45, 2.75) is 96.7 Å². The Kier molecular flexibility index (Phi) is 7.26. The smallest absolute Gasteiger partial charge is 0.137 e. The lowest BCUT2D eigenvalue weighted by atomic mass is 9.80. The standard InChI is InChI=1S/C21H35NO3/c1-15(2)23-18-10-16(11-18)8-6-7-9-17(14-22)24-19-12-20(13-19)25-21(3,4)5/h6-7,9,14-16,18-20,22H,8,10-13H2,1-5H3/b7-6+,17-9+,22-14?. The Labute approximate surface area is 153 Å². The molecule has 2 rings (SSSR count). The summed E-state index contributed by atoms with van der Waals surface area (Å²) in [7, 11) is 0. The van der Waals surface area contributed by atoms with Crippen molar-refractivity contribution in [3.05, 3.63) is 24.0 Å². The van der Waals surface area contributed by atoms with Gasteiger partial charge in [-0.2, -0.15) is 0 Å². The van der Waals surface area contributed by atoms with Gasteiger partial charge in [-0.25, -0.2) is 0 Å². The number of hydrogen-bond acceptors (Lipinski definition) is 4. The van der Waals surface area contributed by atoms with E-state index >= 15 is 0 Å². The maximum absolute atomic E-state index is 7.51. The molecule has 2 saturated carbocycles. The lowest BCUT2D eigenvalue weighted by Crippen LogP contribution is -2.41. The van der Waals surface area contributed by atoms with E-state index in [0.29, 0.717) is 18.0 Å². The molecular weight excluding hydrogens is 314 g/mol. The van der Waals surface area contributed by atoms with Gasteiger partial charge in [0.1, 0.15) is 11.9 Å². The Hall–Kier alpha value is -1.13. The van der Waals surface area contributed by atoms with Gasteiger partial charge in [0, 0.05) is 12.8 Å². The molecule has 142 valence electrons. The van der Waals surface area contributed by atoms with Crippen LogP contribution in [-0.4, -0.2) is 36.2 Å². The van der Waals surface area contributed by atoms with Crippen LogP contribution in [0.5, 0.6) is 0 Å². The molecule has 0 unspecified atom stereocenters. The molecule has 0 spiro atoms. The lowest BCUT2D eigenvalue weighted by Gasteiger charge is -2.39. The van der Waals surface area contributed by atoms with Crippen LogP contribution >= 0.6 is 0 Å². The van der Waals surface area contributed by atoms with Crippen LogP contribution < -0.4 is 0 Å². The van der Waals surface area contributed by atoms with E-state index in [1.807, 2.05) is 12.2 Å². The van der Waals surface area contributed by atoms with Gasteiger partial charge in [0.25, 0.3) is 0 Å². The maximum atomic E-state index is 7.51. The van der Waals surface area contributed by atoms with Crippen LogP contribution in [-0.2, 0) is 14.2 Å². The average Bonchev–Trinajstić information content (AvgIpc) is 2.42. The second kappa shape index (κ2) is 9.00. The van der Waals surface area contributed by atoms with E-state index in [1.54, 1.807) is 0 Å². The molecule has 0 atom stereocenters. The zero-order valence-corrected chi connectivity index (χ0v) is 16.5. The number of hydrogen-bond donors (Lipinski definition) is 1. The van der Waals surface area contributed by atoms with Crippen LogP contribution in [0.25, 0.3) is 0 Å². The van der Waals surface area contributed by atoms with Crippen LogP contribution in [0.3, 0.4) is 0 Å². The van der Waals surface area contributed by atoms with Crippen molar-refractivity contribution < 1.29 is 14.2 Å². The lowest BCUT2D eigenvalue weighted by molar-refractivity contribution is -0.136. The van der Waals surface area contributed by atoms with E-state index in [9.17, 15) is 0 Å². The molecule has 1 N–H and O–H groups in total. The second-order valence-corrected chi connectivity index (χ2v) is 8.58. The third-order valence-corrected chi connectivity index (χ3v) is 4.54. The molecule has 0 aliphatic heterocycles. The summed E-state index contributed by atoms with van der Waals surface area (Å²) in [5.74, 6) is 1.37. The van der Waals surface area contributed by atoms with Gasteiger partial charge in [-0.15, -0.1) is 0 Å². The van der Waals surface area contributed by atoms with Crippen molar-refractivity contribution in [3.63, 3.8) is 0 Å². The molecule has 0 aromatic carbocycles. The molecule has 0 aromatic heterocycles. The monoisotopic (exact) mass is 349 g/mol. The predicted octanol–water partition coefficient (Wildman–Crippen LogP) is 5.03. The number of rotatable bonds is 9. The molecule has 0 bridgehead atoms. The first kappa shape index (κ1) is 20.2. The number of allylic oxidation sites excluding steroid dienone is 4. The highest BCUT2D eigenvalue weighted by Gasteiger charge is 2.34. The van der Waals surface area contributed by atoms with Crippen LogP contribution in [0.15, 0.2) is 24.0 Å². The van der Waals surface area contributed by atoms with Crippen LogP contribution in [0.2, 0.25) is 0 Å². The summed E-state index contributed by atoms with van der Waals surface area (Å²) in [5, 5.41) is 7.51. The van der Waals surface area contributed by atoms with Crippen molar-refractivity contribution in [2.24, 2.45) is 5.92 Å². The second-order valence-electron chi connectivity index (χ2n) is 8.58. The van der Waals surface area contributed by atoms with Gasteiger partial charge in [-0.1, -0.05) is 12.2 Å². The summed E-state index contributed by atoms with van der Waals surface area (Å²) in [4.78, 5) is 0. The van der Waals surface area contributed by atoms with Gasteiger partial charge in [-0.3, -0.25) is 0 Å². The van der Waals surface area contributed by atoms with E-state index in [2.05, 4.69) is 40.7 Å². The zero-order chi connectivity index (χ0) is 18.4. The summed E-state index contributed by atoms with van der Waals surface area (Å²) in [6, 6.07) is 0. The van der Waals surface area contributed by atoms with E-state index in [1.165, 1.54) is 6.21 Å². The molecule has 2 aliphatic rings. The zero-order valence-electron chi connectivity index (χ0n) is 16.5. The molecule has 0 radical (unpaired) electrons. The SMILES string of the molecule is CC(C)OC1CC(C/C=C/C=C(\C=N)OC2CC(OC(C)(C)C)C2)C1. The molecule has 2 aliphatic carbocycles. The van der Waals surface area contributed by atoms with Crippen molar-refractivity contribution in [3.8, 4) is 0 Å². The fraction of sp³-hybridized carbons (Fsp3) is 0.762. The summed E-state index contributed by atoms with van der Waals surface area (Å²) < 4.78 is 17.6. The molecule has 25 heavy (non-hydrogen) atoms. The molecule has 0 saturated heterocycles. The minimum Gasteiger partial charge on any atom is -0.489 e. The molecule has 4 heteroatoms. The number of nitrogens with one attached hydrogen (secondary N) is 1. The first-order valence-electron chi connectivity index (χ1n) is 9.62. The highest BCUT2D eigenvalue weighted by molar-refractivity contribution is 5.73. The summed E-state index contributed by atoms with van der Waals surface area (Å²) >= 11 is 0. The third-order valence-electron chi connectivity index (χ3n) is 4.54. The molecular formula is C21H35NO3. The Balaban J connectivity index is 1.62. The largest absolute Gasteiger partial charge is 0.489 e. The molecule has 0 aromatic rings. The normalized spacial score (nSPS) is 30.2. The molecule has 2 fully saturated rings. The van der Waals surface area contributed by atoms with E-state index in [0.717, 1.165) is 38.0 Å². The van der Waals surface area contributed by atoms with Gasteiger partial charge in [0.05, 0.1) is 30.1 Å². The predicted molar refractivity (Wildman–Crippen MR) is 102 cm³/mol. The topological polar surface area (TPSA) is 51.5 Å². The Morgan fingerprint density at radius 1 is 1.08 bits per heavy atom. The fourth-order valence-electron chi connectivity index (χ4n) is 3.32. The van der Waals surface area contributed by atoms with E-state index < -0.39 is 0 Å². The molecule has 4 nitrogen and oxygen atoms in total. The number of ether oxygens (including phenoxy) is 3. The summed E-state index contributed by atoms with van der Waals surface area (Å²) in [5.41, 5.74) is -0.0979. The first-order valence-corrected chi connectivity index (χ1v) is 9.62. The third kappa shape index (κ3) is 7.33. The Morgan fingerprint density at radius 2 is 1.76 bits per heavy atom. The van der Waals surface area contributed by atoms with Gasteiger partial charge < -0.3 is 19.6 Å². The average molecular weight is 350 g/mol. The molecule has 0 heterocycles.